The van der Waals surface area contributed by atoms with Crippen molar-refractivity contribution < 1.29 is 9.53 Å². The van der Waals surface area contributed by atoms with Crippen LogP contribution in [-0.4, -0.2) is 17.6 Å². The summed E-state index contributed by atoms with van der Waals surface area (Å²) in [4.78, 5) is 12.7. The number of thiocarbonyl (C=S) groups is 1. The summed E-state index contributed by atoms with van der Waals surface area (Å²) in [6.45, 7) is 0.471. The third-order valence-electron chi connectivity index (χ3n) is 3.94. The molecule has 3 rings (SSSR count). The van der Waals surface area contributed by atoms with E-state index in [2.05, 4.69) is 26.6 Å². The van der Waals surface area contributed by atoms with E-state index in [4.69, 9.17) is 17.0 Å². The average molecular weight is 455 g/mol. The molecular formula is C22H19BrN2O2S. The van der Waals surface area contributed by atoms with Gasteiger partial charge in [-0.05, 0) is 48.1 Å². The maximum Gasteiger partial charge on any atom is 0.261 e. The highest BCUT2D eigenvalue weighted by Gasteiger charge is 2.15. The number of ether oxygens (including phenoxy) is 1. The van der Waals surface area contributed by atoms with Gasteiger partial charge in [0.25, 0.3) is 5.91 Å². The van der Waals surface area contributed by atoms with Gasteiger partial charge in [0.05, 0.1) is 12.2 Å². The van der Waals surface area contributed by atoms with Crippen LogP contribution in [0.4, 0.5) is 5.69 Å². The lowest BCUT2D eigenvalue weighted by Gasteiger charge is -2.13. The molecule has 0 fully saturated rings. The Morgan fingerprint density at radius 2 is 1.64 bits per heavy atom. The fraction of sp³-hybridized carbons (Fsp3) is 0.0909. The molecule has 0 atom stereocenters. The Hall–Kier alpha value is -2.70. The normalized spacial score (nSPS) is 10.2. The van der Waals surface area contributed by atoms with Crippen LogP contribution in [0.1, 0.15) is 15.9 Å². The van der Waals surface area contributed by atoms with Crippen LogP contribution in [0.3, 0.4) is 0 Å². The summed E-state index contributed by atoms with van der Waals surface area (Å²) in [6, 6.07) is 24.8. The van der Waals surface area contributed by atoms with Crippen molar-refractivity contribution in [2.24, 2.45) is 0 Å². The highest BCUT2D eigenvalue weighted by Crippen LogP contribution is 2.23. The predicted octanol–water partition coefficient (Wildman–Crippen LogP) is 5.20. The van der Waals surface area contributed by atoms with E-state index in [9.17, 15) is 4.79 Å². The van der Waals surface area contributed by atoms with Crippen LogP contribution in [0, 0.1) is 0 Å². The molecule has 0 unspecified atom stereocenters. The number of halogens is 1. The highest BCUT2D eigenvalue weighted by atomic mass is 79.9. The molecule has 4 nitrogen and oxygen atoms in total. The van der Waals surface area contributed by atoms with Gasteiger partial charge in [-0.15, -0.1) is 0 Å². The molecule has 0 aliphatic carbocycles. The Balaban J connectivity index is 1.63. The summed E-state index contributed by atoms with van der Waals surface area (Å²) in [5.41, 5.74) is 2.40. The highest BCUT2D eigenvalue weighted by molar-refractivity contribution is 9.10. The van der Waals surface area contributed by atoms with Gasteiger partial charge in [-0.3, -0.25) is 10.1 Å². The van der Waals surface area contributed by atoms with Gasteiger partial charge >= 0.3 is 0 Å². The number of hydrogen-bond donors (Lipinski definition) is 2. The van der Waals surface area contributed by atoms with Gasteiger partial charge in [0.2, 0.25) is 0 Å². The van der Waals surface area contributed by atoms with E-state index in [1.807, 2.05) is 66.7 Å². The van der Waals surface area contributed by atoms with Crippen molar-refractivity contribution in [3.63, 3.8) is 0 Å². The first-order valence-electron chi connectivity index (χ1n) is 8.75. The summed E-state index contributed by atoms with van der Waals surface area (Å²) in [6.07, 6.45) is 0.756. The minimum absolute atomic E-state index is 0.228. The van der Waals surface area contributed by atoms with Crippen LogP contribution in [0.15, 0.2) is 83.3 Å². The van der Waals surface area contributed by atoms with E-state index < -0.39 is 0 Å². The van der Waals surface area contributed by atoms with Gasteiger partial charge in [0.1, 0.15) is 5.75 Å². The second-order valence-electron chi connectivity index (χ2n) is 6.00. The van der Waals surface area contributed by atoms with Crippen molar-refractivity contribution in [3.05, 3.63) is 94.5 Å². The van der Waals surface area contributed by atoms with Gasteiger partial charge in [-0.25, -0.2) is 0 Å². The molecule has 28 heavy (non-hydrogen) atoms. The zero-order chi connectivity index (χ0) is 19.8. The fourth-order valence-electron chi connectivity index (χ4n) is 2.58. The van der Waals surface area contributed by atoms with Gasteiger partial charge in [0, 0.05) is 16.6 Å². The second kappa shape index (κ2) is 10.0. The molecule has 3 aromatic rings. The number of anilines is 1. The van der Waals surface area contributed by atoms with Crippen LogP contribution < -0.4 is 15.4 Å². The molecule has 0 radical (unpaired) electrons. The molecule has 1 amide bonds. The lowest BCUT2D eigenvalue weighted by Crippen LogP contribution is -2.34. The first kappa shape index (κ1) is 20.0. The number of benzene rings is 3. The quantitative estimate of drug-likeness (QED) is 0.502. The number of hydrogen-bond acceptors (Lipinski definition) is 3. The molecule has 0 saturated heterocycles. The van der Waals surface area contributed by atoms with Crippen LogP contribution >= 0.6 is 28.1 Å². The first-order chi connectivity index (χ1) is 13.6. The van der Waals surface area contributed by atoms with Crippen LogP contribution in [-0.2, 0) is 6.42 Å². The number of para-hydroxylation sites is 1. The zero-order valence-electron chi connectivity index (χ0n) is 15.0. The molecule has 0 aliphatic rings. The Bertz CT molecular complexity index is 949. The fourth-order valence-corrected chi connectivity index (χ4v) is 3.15. The molecule has 142 valence electrons. The summed E-state index contributed by atoms with van der Waals surface area (Å²) in [5, 5.41) is 5.92. The molecule has 0 spiro atoms. The van der Waals surface area contributed by atoms with Gasteiger partial charge < -0.3 is 10.1 Å². The zero-order valence-corrected chi connectivity index (χ0v) is 17.4. The van der Waals surface area contributed by atoms with Crippen molar-refractivity contribution in [1.29, 1.82) is 0 Å². The Kier molecular flexibility index (Phi) is 7.17. The molecule has 0 heterocycles. The monoisotopic (exact) mass is 454 g/mol. The lowest BCUT2D eigenvalue weighted by atomic mass is 10.1. The average Bonchev–Trinajstić information content (AvgIpc) is 2.70. The van der Waals surface area contributed by atoms with Crippen molar-refractivity contribution >= 4 is 44.9 Å². The van der Waals surface area contributed by atoms with E-state index >= 15 is 0 Å². The molecule has 0 aromatic heterocycles. The maximum atomic E-state index is 12.7. The first-order valence-corrected chi connectivity index (χ1v) is 9.95. The SMILES string of the molecule is O=C(NC(=S)Nc1ccccc1)c1cc(Br)ccc1OCCc1ccccc1. The van der Waals surface area contributed by atoms with Crippen molar-refractivity contribution in [2.75, 3.05) is 11.9 Å². The van der Waals surface area contributed by atoms with Crippen LogP contribution in [0.5, 0.6) is 5.75 Å². The number of carbonyl (C=O) groups is 1. The van der Waals surface area contributed by atoms with Crippen molar-refractivity contribution in [2.45, 2.75) is 6.42 Å². The Morgan fingerprint density at radius 1 is 0.964 bits per heavy atom. The second-order valence-corrected chi connectivity index (χ2v) is 7.32. The molecule has 0 bridgehead atoms. The van der Waals surface area contributed by atoms with E-state index in [-0.39, 0.29) is 11.0 Å². The predicted molar refractivity (Wildman–Crippen MR) is 120 cm³/mol. The molecule has 0 aliphatic heterocycles. The summed E-state index contributed by atoms with van der Waals surface area (Å²) >= 11 is 8.65. The molecule has 6 heteroatoms. The van der Waals surface area contributed by atoms with Crippen molar-refractivity contribution in [3.8, 4) is 5.75 Å². The number of amides is 1. The summed E-state index contributed by atoms with van der Waals surface area (Å²) in [7, 11) is 0. The number of rotatable bonds is 6. The maximum absolute atomic E-state index is 12.7. The summed E-state index contributed by atoms with van der Waals surface area (Å²) in [5.74, 6) is 0.184. The van der Waals surface area contributed by atoms with E-state index in [1.54, 1.807) is 12.1 Å². The van der Waals surface area contributed by atoms with Crippen LogP contribution in [0.25, 0.3) is 0 Å². The number of nitrogens with one attached hydrogen (secondary N) is 2. The van der Waals surface area contributed by atoms with E-state index in [1.165, 1.54) is 5.56 Å². The minimum atomic E-state index is -0.329. The summed E-state index contributed by atoms with van der Waals surface area (Å²) < 4.78 is 6.66. The Labute approximate surface area is 178 Å². The molecule has 3 aromatic carbocycles. The van der Waals surface area contributed by atoms with E-state index in [0.717, 1.165) is 16.6 Å². The minimum Gasteiger partial charge on any atom is -0.492 e. The molecule has 2 N–H and O–H groups in total. The smallest absolute Gasteiger partial charge is 0.261 e. The third kappa shape index (κ3) is 5.90. The van der Waals surface area contributed by atoms with Gasteiger partial charge in [0.15, 0.2) is 5.11 Å². The van der Waals surface area contributed by atoms with Crippen molar-refractivity contribution in [1.82, 2.24) is 5.32 Å². The van der Waals surface area contributed by atoms with E-state index in [0.29, 0.717) is 17.9 Å². The van der Waals surface area contributed by atoms with Gasteiger partial charge in [-0.2, -0.15) is 0 Å². The molecule has 0 saturated carbocycles. The van der Waals surface area contributed by atoms with Gasteiger partial charge in [-0.1, -0.05) is 64.5 Å². The van der Waals surface area contributed by atoms with Crippen LogP contribution in [0.2, 0.25) is 0 Å². The number of carbonyl (C=O) groups excluding carboxylic acids is 1. The molecular weight excluding hydrogens is 436 g/mol. The largest absolute Gasteiger partial charge is 0.492 e. The standard InChI is InChI=1S/C22H19BrN2O2S/c23-17-11-12-20(27-14-13-16-7-3-1-4-8-16)19(15-17)21(26)25-22(28)24-18-9-5-2-6-10-18/h1-12,15H,13-14H2,(H2,24,25,26,28). The third-order valence-corrected chi connectivity index (χ3v) is 4.63. The lowest BCUT2D eigenvalue weighted by molar-refractivity contribution is 0.0973. The Morgan fingerprint density at radius 3 is 2.36 bits per heavy atom. The topological polar surface area (TPSA) is 50.4 Å².